The number of hydrogen-bond donors (Lipinski definition) is 0. The van der Waals surface area contributed by atoms with E-state index in [1.165, 1.54) is 16.5 Å². The topological polar surface area (TPSA) is 40.5 Å². The van der Waals surface area contributed by atoms with E-state index in [0.717, 1.165) is 23.5 Å². The molecule has 1 aromatic heterocycles. The molecule has 0 saturated heterocycles. The summed E-state index contributed by atoms with van der Waals surface area (Å²) in [5, 5.41) is 1.18. The Kier molecular flexibility index (Phi) is 3.75. The zero-order valence-corrected chi connectivity index (χ0v) is 14.7. The van der Waals surface area contributed by atoms with E-state index in [1.54, 1.807) is 14.2 Å². The van der Waals surface area contributed by atoms with Gasteiger partial charge in [0.2, 0.25) is 0 Å². The van der Waals surface area contributed by atoms with Gasteiger partial charge in [-0.25, -0.2) is 0 Å². The lowest BCUT2D eigenvalue weighted by atomic mass is 10.0. The predicted molar refractivity (Wildman–Crippen MR) is 97.6 cm³/mol. The third-order valence-electron chi connectivity index (χ3n) is 5.13. The summed E-state index contributed by atoms with van der Waals surface area (Å²) in [4.78, 5) is 12.8. The number of benzene rings is 2. The molecule has 1 saturated carbocycles. The summed E-state index contributed by atoms with van der Waals surface area (Å²) >= 11 is 0. The molecule has 0 bridgehead atoms. The SMILES string of the molecule is COc1ccc(C(=O)[C@H]2C[C@@H]2c2cn(C)c3ccc(OC)cc23)cc1. The molecule has 1 aliphatic carbocycles. The van der Waals surface area contributed by atoms with Gasteiger partial charge in [0.15, 0.2) is 5.78 Å². The summed E-state index contributed by atoms with van der Waals surface area (Å²) in [5.41, 5.74) is 3.16. The van der Waals surface area contributed by atoms with Crippen molar-refractivity contribution in [3.63, 3.8) is 0 Å². The number of carbonyl (C=O) groups is 1. The third kappa shape index (κ3) is 2.68. The highest BCUT2D eigenvalue weighted by molar-refractivity contribution is 6.01. The molecule has 3 aromatic rings. The molecule has 128 valence electrons. The molecular weight excluding hydrogens is 314 g/mol. The van der Waals surface area contributed by atoms with Crippen LogP contribution in [0.2, 0.25) is 0 Å². The van der Waals surface area contributed by atoms with Crippen LogP contribution in [0, 0.1) is 5.92 Å². The fourth-order valence-electron chi connectivity index (χ4n) is 3.62. The maximum absolute atomic E-state index is 12.8. The van der Waals surface area contributed by atoms with Crippen LogP contribution in [0.15, 0.2) is 48.7 Å². The maximum Gasteiger partial charge on any atom is 0.166 e. The Morgan fingerprint density at radius 3 is 2.40 bits per heavy atom. The minimum absolute atomic E-state index is 0.0604. The summed E-state index contributed by atoms with van der Waals surface area (Å²) in [7, 11) is 5.35. The predicted octanol–water partition coefficient (Wildman–Crippen LogP) is 4.18. The van der Waals surface area contributed by atoms with E-state index < -0.39 is 0 Å². The van der Waals surface area contributed by atoms with Crippen molar-refractivity contribution in [3.05, 3.63) is 59.8 Å². The Hall–Kier alpha value is -2.75. The van der Waals surface area contributed by atoms with Crippen LogP contribution in [0.5, 0.6) is 11.5 Å². The minimum atomic E-state index is 0.0604. The van der Waals surface area contributed by atoms with E-state index >= 15 is 0 Å². The molecule has 0 aliphatic heterocycles. The number of methoxy groups -OCH3 is 2. The second kappa shape index (κ2) is 5.96. The van der Waals surface area contributed by atoms with Gasteiger partial charge in [-0.2, -0.15) is 0 Å². The van der Waals surface area contributed by atoms with Gasteiger partial charge in [0, 0.05) is 35.6 Å². The highest BCUT2D eigenvalue weighted by Gasteiger charge is 2.45. The zero-order valence-electron chi connectivity index (χ0n) is 14.7. The van der Waals surface area contributed by atoms with Crippen LogP contribution in [0.3, 0.4) is 0 Å². The largest absolute Gasteiger partial charge is 0.497 e. The Morgan fingerprint density at radius 1 is 1.04 bits per heavy atom. The Bertz CT molecular complexity index is 940. The molecule has 4 heteroatoms. The second-order valence-corrected chi connectivity index (χ2v) is 6.62. The van der Waals surface area contributed by atoms with Crippen LogP contribution < -0.4 is 9.47 Å². The minimum Gasteiger partial charge on any atom is -0.497 e. The van der Waals surface area contributed by atoms with Gasteiger partial charge in [0.25, 0.3) is 0 Å². The lowest BCUT2D eigenvalue weighted by Crippen LogP contribution is -2.03. The molecule has 25 heavy (non-hydrogen) atoms. The highest BCUT2D eigenvalue weighted by Crippen LogP contribution is 2.51. The van der Waals surface area contributed by atoms with Crippen LogP contribution in [0.4, 0.5) is 0 Å². The van der Waals surface area contributed by atoms with E-state index in [2.05, 4.69) is 22.9 Å². The van der Waals surface area contributed by atoms with E-state index in [4.69, 9.17) is 9.47 Å². The van der Waals surface area contributed by atoms with Crippen LogP contribution in [0.25, 0.3) is 10.9 Å². The first-order chi connectivity index (χ1) is 12.1. The summed E-state index contributed by atoms with van der Waals surface area (Å²) in [5.74, 6) is 2.17. The maximum atomic E-state index is 12.8. The van der Waals surface area contributed by atoms with Crippen molar-refractivity contribution in [1.82, 2.24) is 4.57 Å². The lowest BCUT2D eigenvalue weighted by molar-refractivity contribution is 0.0965. The van der Waals surface area contributed by atoms with Crippen LogP contribution in [-0.4, -0.2) is 24.6 Å². The van der Waals surface area contributed by atoms with E-state index in [9.17, 15) is 4.79 Å². The van der Waals surface area contributed by atoms with Crippen molar-refractivity contribution < 1.29 is 14.3 Å². The number of rotatable bonds is 5. The highest BCUT2D eigenvalue weighted by atomic mass is 16.5. The molecule has 0 amide bonds. The smallest absolute Gasteiger partial charge is 0.166 e. The number of ether oxygens (including phenoxy) is 2. The standard InChI is InChI=1S/C21H21NO3/c1-22-12-19(17-10-15(25-3)8-9-20(17)22)16-11-18(16)21(23)13-4-6-14(24-2)7-5-13/h4-10,12,16,18H,11H2,1-3H3/t16-,18-/m0/s1. The van der Waals surface area contributed by atoms with Crippen LogP contribution >= 0.6 is 0 Å². The number of aromatic nitrogens is 1. The first-order valence-electron chi connectivity index (χ1n) is 8.43. The molecule has 1 heterocycles. The molecule has 2 atom stereocenters. The summed E-state index contributed by atoms with van der Waals surface area (Å²) in [6.45, 7) is 0. The number of carbonyl (C=O) groups excluding carboxylic acids is 1. The molecule has 4 rings (SSSR count). The fourth-order valence-corrected chi connectivity index (χ4v) is 3.62. The average Bonchev–Trinajstić information content (AvgIpc) is 3.39. The van der Waals surface area contributed by atoms with Crippen LogP contribution in [-0.2, 0) is 7.05 Å². The van der Waals surface area contributed by atoms with E-state index in [-0.39, 0.29) is 17.6 Å². The number of ketones is 1. The Morgan fingerprint density at radius 2 is 1.72 bits per heavy atom. The third-order valence-corrected chi connectivity index (χ3v) is 5.13. The second-order valence-electron chi connectivity index (χ2n) is 6.62. The molecule has 4 nitrogen and oxygen atoms in total. The molecule has 0 unspecified atom stereocenters. The van der Waals surface area contributed by atoms with Gasteiger partial charge in [0.05, 0.1) is 14.2 Å². The summed E-state index contributed by atoms with van der Waals surface area (Å²) < 4.78 is 12.6. The van der Waals surface area contributed by atoms with Crippen LogP contribution in [0.1, 0.15) is 28.3 Å². The van der Waals surface area contributed by atoms with Crippen molar-refractivity contribution in [2.75, 3.05) is 14.2 Å². The molecule has 0 radical (unpaired) electrons. The molecule has 2 aromatic carbocycles. The Balaban J connectivity index is 1.62. The first kappa shape index (κ1) is 15.8. The van der Waals surface area contributed by atoms with Gasteiger partial charge >= 0.3 is 0 Å². The fraction of sp³-hybridized carbons (Fsp3) is 0.286. The first-order valence-corrected chi connectivity index (χ1v) is 8.43. The molecule has 1 aliphatic rings. The molecular formula is C21H21NO3. The number of aryl methyl sites for hydroxylation is 1. The quantitative estimate of drug-likeness (QED) is 0.657. The number of nitrogens with zero attached hydrogens (tertiary/aromatic N) is 1. The van der Waals surface area contributed by atoms with Crippen molar-refractivity contribution in [1.29, 1.82) is 0 Å². The number of Topliss-reactive ketones (excluding diaryl/α,β-unsaturated/α-hetero) is 1. The average molecular weight is 335 g/mol. The lowest BCUT2D eigenvalue weighted by Gasteiger charge is -2.04. The normalized spacial score (nSPS) is 19.0. The van der Waals surface area contributed by atoms with Crippen molar-refractivity contribution in [2.24, 2.45) is 13.0 Å². The molecule has 1 fully saturated rings. The number of fused-ring (bicyclic) bond motifs is 1. The zero-order chi connectivity index (χ0) is 17.6. The van der Waals surface area contributed by atoms with Gasteiger partial charge in [-0.05, 0) is 60.4 Å². The Labute approximate surface area is 147 Å². The van der Waals surface area contributed by atoms with Gasteiger partial charge in [-0.15, -0.1) is 0 Å². The van der Waals surface area contributed by atoms with Gasteiger partial charge in [0.1, 0.15) is 11.5 Å². The molecule has 0 spiro atoms. The van der Waals surface area contributed by atoms with E-state index in [0.29, 0.717) is 0 Å². The monoisotopic (exact) mass is 335 g/mol. The summed E-state index contributed by atoms with van der Waals surface area (Å²) in [6, 6.07) is 13.5. The van der Waals surface area contributed by atoms with Gasteiger partial charge in [-0.1, -0.05) is 0 Å². The van der Waals surface area contributed by atoms with Crippen molar-refractivity contribution in [2.45, 2.75) is 12.3 Å². The molecule has 0 N–H and O–H groups in total. The number of hydrogen-bond acceptors (Lipinski definition) is 3. The summed E-state index contributed by atoms with van der Waals surface area (Å²) in [6.07, 6.45) is 3.05. The van der Waals surface area contributed by atoms with Crippen molar-refractivity contribution >= 4 is 16.7 Å². The van der Waals surface area contributed by atoms with E-state index in [1.807, 2.05) is 37.4 Å². The van der Waals surface area contributed by atoms with Gasteiger partial charge in [-0.3, -0.25) is 4.79 Å². The van der Waals surface area contributed by atoms with Crippen molar-refractivity contribution in [3.8, 4) is 11.5 Å². The van der Waals surface area contributed by atoms with Gasteiger partial charge < -0.3 is 14.0 Å².